The van der Waals surface area contributed by atoms with Crippen molar-refractivity contribution in [2.24, 2.45) is 0 Å². The summed E-state index contributed by atoms with van der Waals surface area (Å²) in [7, 11) is -3.63. The van der Waals surface area contributed by atoms with E-state index in [1.54, 1.807) is 56.4 Å². The number of anilines is 4. The lowest BCUT2D eigenvalue weighted by Gasteiger charge is -2.24. The van der Waals surface area contributed by atoms with Gasteiger partial charge in [-0.25, -0.2) is 22.5 Å². The molecule has 1 aromatic heterocycles. The molecule has 0 saturated heterocycles. The van der Waals surface area contributed by atoms with Crippen LogP contribution < -0.4 is 20.7 Å². The smallest absolute Gasteiger partial charge is 0.240 e. The van der Waals surface area contributed by atoms with E-state index in [4.69, 9.17) is 0 Å². The third-order valence-electron chi connectivity index (χ3n) is 6.71. The molecule has 4 N–H and O–H groups in total. The van der Waals surface area contributed by atoms with Crippen LogP contribution in [0.5, 0.6) is 0 Å². The normalized spacial score (nSPS) is 14.9. The number of sulfonamides is 1. The van der Waals surface area contributed by atoms with E-state index in [-0.39, 0.29) is 23.2 Å². The molecule has 1 aliphatic heterocycles. The Morgan fingerprint density at radius 1 is 1.00 bits per heavy atom. The molecule has 0 spiro atoms. The molecule has 0 aliphatic carbocycles. The summed E-state index contributed by atoms with van der Waals surface area (Å²) in [6.45, 7) is 4.33. The lowest BCUT2D eigenvalue weighted by atomic mass is 9.83. The van der Waals surface area contributed by atoms with E-state index in [1.165, 1.54) is 24.3 Å². The Kier molecular flexibility index (Phi) is 7.51. The number of nitrogens with zero attached hydrogens (tertiary/aromatic N) is 2. The van der Waals surface area contributed by atoms with E-state index < -0.39 is 15.4 Å². The molecule has 0 fully saturated rings. The van der Waals surface area contributed by atoms with Crippen molar-refractivity contribution in [3.63, 3.8) is 0 Å². The maximum Gasteiger partial charge on any atom is 0.240 e. The minimum atomic E-state index is -3.63. The Hall–Kier alpha value is -4.35. The number of hydrogen-bond acceptors (Lipinski definition) is 7. The molecule has 206 valence electrons. The third kappa shape index (κ3) is 5.95. The second-order valence-electron chi connectivity index (χ2n) is 9.95. The van der Waals surface area contributed by atoms with Gasteiger partial charge in [-0.2, -0.15) is 4.98 Å². The number of rotatable bonds is 4. The van der Waals surface area contributed by atoms with Gasteiger partial charge in [-0.05, 0) is 73.9 Å². The second-order valence-corrected chi connectivity index (χ2v) is 11.7. The van der Waals surface area contributed by atoms with Crippen molar-refractivity contribution in [3.8, 4) is 11.1 Å². The van der Waals surface area contributed by atoms with Crippen LogP contribution in [-0.4, -0.2) is 37.4 Å². The second kappa shape index (κ2) is 11.0. The summed E-state index contributed by atoms with van der Waals surface area (Å²) in [6.07, 6.45) is 2.24. The molecular formula is C29H29FN6O3S. The zero-order valence-corrected chi connectivity index (χ0v) is 22.8. The average molecular weight is 561 g/mol. The van der Waals surface area contributed by atoms with Crippen LogP contribution in [0.15, 0.2) is 83.9 Å². The summed E-state index contributed by atoms with van der Waals surface area (Å²) in [5.41, 5.74) is 2.58. The zero-order chi connectivity index (χ0) is 28.3. The minimum absolute atomic E-state index is 0.162. The minimum Gasteiger partial charge on any atom is -0.369 e. The fourth-order valence-electron chi connectivity index (χ4n) is 4.26. The van der Waals surface area contributed by atoms with E-state index in [0.29, 0.717) is 41.7 Å². The van der Waals surface area contributed by atoms with Crippen molar-refractivity contribution in [2.45, 2.75) is 30.6 Å². The fourth-order valence-corrected chi connectivity index (χ4v) is 5.38. The van der Waals surface area contributed by atoms with Gasteiger partial charge >= 0.3 is 0 Å². The van der Waals surface area contributed by atoms with Crippen molar-refractivity contribution in [1.82, 2.24) is 14.7 Å². The Balaban J connectivity index is 1.37. The number of aromatic nitrogens is 2. The summed E-state index contributed by atoms with van der Waals surface area (Å²) in [5.74, 6) is 0.338. The fraction of sp³-hybridized carbons (Fsp3) is 0.207. The van der Waals surface area contributed by atoms with Crippen LogP contribution in [0.4, 0.5) is 27.5 Å². The molecule has 1 aliphatic rings. The molecule has 9 nitrogen and oxygen atoms in total. The van der Waals surface area contributed by atoms with E-state index in [1.807, 2.05) is 12.1 Å². The van der Waals surface area contributed by atoms with Gasteiger partial charge in [0.1, 0.15) is 11.6 Å². The number of carbonyl (C=O) groups is 1. The van der Waals surface area contributed by atoms with Crippen molar-refractivity contribution >= 4 is 39.1 Å². The third-order valence-corrected chi connectivity index (χ3v) is 8.17. The summed E-state index contributed by atoms with van der Waals surface area (Å²) in [4.78, 5) is 22.3. The number of halogens is 1. The molecule has 4 bridgehead atoms. The van der Waals surface area contributed by atoms with Gasteiger partial charge in [-0.1, -0.05) is 30.3 Å². The number of nitrogens with one attached hydrogen (secondary N) is 4. The van der Waals surface area contributed by atoms with Crippen LogP contribution in [-0.2, 0) is 20.2 Å². The highest BCUT2D eigenvalue weighted by atomic mass is 32.2. The van der Waals surface area contributed by atoms with Crippen LogP contribution in [0, 0.1) is 5.82 Å². The predicted molar refractivity (Wildman–Crippen MR) is 154 cm³/mol. The molecule has 0 atom stereocenters. The van der Waals surface area contributed by atoms with Crippen molar-refractivity contribution in [1.29, 1.82) is 0 Å². The summed E-state index contributed by atoms with van der Waals surface area (Å²) >= 11 is 0. The first-order chi connectivity index (χ1) is 19.1. The lowest BCUT2D eigenvalue weighted by Crippen LogP contribution is -2.34. The molecule has 2 heterocycles. The van der Waals surface area contributed by atoms with Crippen LogP contribution in [0.3, 0.4) is 0 Å². The number of hydrogen-bond donors (Lipinski definition) is 4. The maximum atomic E-state index is 13.3. The number of benzene rings is 3. The van der Waals surface area contributed by atoms with Gasteiger partial charge in [0.2, 0.25) is 21.9 Å². The van der Waals surface area contributed by atoms with E-state index in [9.17, 15) is 17.6 Å². The summed E-state index contributed by atoms with van der Waals surface area (Å²) in [6, 6.07) is 19.7. The number of fused-ring (bicyclic) bond motifs is 4. The molecule has 0 saturated carbocycles. The molecule has 11 heteroatoms. The highest BCUT2D eigenvalue weighted by Gasteiger charge is 2.30. The van der Waals surface area contributed by atoms with Gasteiger partial charge in [0.15, 0.2) is 0 Å². The first-order valence-corrected chi connectivity index (χ1v) is 14.3. The van der Waals surface area contributed by atoms with Gasteiger partial charge in [0.05, 0.1) is 10.3 Å². The van der Waals surface area contributed by atoms with Gasteiger partial charge in [-0.3, -0.25) is 4.79 Å². The molecule has 40 heavy (non-hydrogen) atoms. The molecular weight excluding hydrogens is 531 g/mol. The average Bonchev–Trinajstić information content (AvgIpc) is 2.94. The van der Waals surface area contributed by atoms with Crippen LogP contribution in [0.25, 0.3) is 11.1 Å². The van der Waals surface area contributed by atoms with Crippen molar-refractivity contribution in [3.05, 3.63) is 90.4 Å². The predicted octanol–water partition coefficient (Wildman–Crippen LogP) is 5.04. The SMILES string of the molecule is CC(C)(C(=O)Nc1ccc(-c2cnc3nc2NCCCNS(=O)(=O)c2cccc(c2)N3)cc1)c1ccc(F)cc1. The highest BCUT2D eigenvalue weighted by Crippen LogP contribution is 2.30. The zero-order valence-electron chi connectivity index (χ0n) is 22.0. The van der Waals surface area contributed by atoms with Gasteiger partial charge in [0, 0.05) is 36.2 Å². The van der Waals surface area contributed by atoms with Gasteiger partial charge in [-0.15, -0.1) is 0 Å². The lowest BCUT2D eigenvalue weighted by molar-refractivity contribution is -0.120. The number of amides is 1. The Bertz CT molecular complexity index is 1640. The molecule has 3 aromatic carbocycles. The summed E-state index contributed by atoms with van der Waals surface area (Å²) in [5, 5.41) is 9.31. The van der Waals surface area contributed by atoms with Crippen molar-refractivity contribution in [2.75, 3.05) is 29.0 Å². The first-order valence-electron chi connectivity index (χ1n) is 12.8. The van der Waals surface area contributed by atoms with E-state index >= 15 is 0 Å². The Labute approximate surface area is 232 Å². The Morgan fingerprint density at radius 2 is 1.75 bits per heavy atom. The van der Waals surface area contributed by atoms with Crippen LogP contribution in [0.1, 0.15) is 25.8 Å². The first kappa shape index (κ1) is 27.2. The largest absolute Gasteiger partial charge is 0.369 e. The van der Waals surface area contributed by atoms with Gasteiger partial charge < -0.3 is 16.0 Å². The summed E-state index contributed by atoms with van der Waals surface area (Å²) < 4.78 is 41.2. The molecule has 4 aromatic rings. The topological polar surface area (TPSA) is 125 Å². The number of carbonyl (C=O) groups excluding carboxylic acids is 1. The standard InChI is InChI=1S/C29H29FN6O3S/c1-29(2,20-9-11-21(30)12-10-20)27(37)34-22-13-7-19(8-14-22)25-18-32-28-35-23-5-3-6-24(17-23)40(38,39)33-16-4-15-31-26(25)36-28/h3,5-14,17-18,33H,4,15-16H2,1-2H3,(H,34,37)(H2,31,32,35,36). The maximum absolute atomic E-state index is 13.3. The quantitative estimate of drug-likeness (QED) is 0.276. The highest BCUT2D eigenvalue weighted by molar-refractivity contribution is 7.89. The van der Waals surface area contributed by atoms with Crippen molar-refractivity contribution < 1.29 is 17.6 Å². The Morgan fingerprint density at radius 3 is 2.50 bits per heavy atom. The monoisotopic (exact) mass is 560 g/mol. The van der Waals surface area contributed by atoms with Crippen LogP contribution in [0.2, 0.25) is 0 Å². The molecule has 0 radical (unpaired) electrons. The van der Waals surface area contributed by atoms with E-state index in [0.717, 1.165) is 11.1 Å². The molecule has 5 rings (SSSR count). The molecule has 0 unspecified atom stereocenters. The van der Waals surface area contributed by atoms with E-state index in [2.05, 4.69) is 30.6 Å². The van der Waals surface area contributed by atoms with Crippen LogP contribution >= 0.6 is 0 Å². The van der Waals surface area contributed by atoms with Gasteiger partial charge in [0.25, 0.3) is 0 Å². The molecule has 1 amide bonds.